The van der Waals surface area contributed by atoms with Crippen LogP contribution in [0.1, 0.15) is 11.1 Å². The molecule has 18 heavy (non-hydrogen) atoms. The second kappa shape index (κ2) is 6.57. The summed E-state index contributed by atoms with van der Waals surface area (Å²) >= 11 is 0. The van der Waals surface area contributed by atoms with Crippen LogP contribution in [-0.2, 0) is 4.74 Å². The molecule has 0 radical (unpaired) electrons. The normalized spacial score (nSPS) is 9.11. The van der Waals surface area contributed by atoms with Gasteiger partial charge in [-0.2, -0.15) is 0 Å². The summed E-state index contributed by atoms with van der Waals surface area (Å²) < 4.78 is 5.19. The molecule has 2 aromatic rings. The van der Waals surface area contributed by atoms with Crippen LogP contribution < -0.4 is 0 Å². The highest BCUT2D eigenvalue weighted by Gasteiger charge is 2.07. The molecule has 4 heteroatoms. The first kappa shape index (κ1) is 13.9. The summed E-state index contributed by atoms with van der Waals surface area (Å²) in [6, 6.07) is 18.2. The summed E-state index contributed by atoms with van der Waals surface area (Å²) in [6.45, 7) is 0. The number of rotatable bonds is 2. The molecule has 3 nitrogen and oxygen atoms in total. The molecule has 0 aliphatic carbocycles. The Morgan fingerprint density at radius 3 is 1.33 bits per heavy atom. The van der Waals surface area contributed by atoms with Gasteiger partial charge in [-0.1, -0.05) is 36.4 Å². The van der Waals surface area contributed by atoms with E-state index < -0.39 is 0 Å². The number of halogens is 1. The standard InChI is InChI=1S/C14H12N2O.ClH/c15-13(11-7-3-1-4-8-11)17-14(16)12-9-5-2-6-10-12;/h1-10,15-16H;1H. The third-order valence-corrected chi connectivity index (χ3v) is 2.28. The van der Waals surface area contributed by atoms with E-state index in [-0.39, 0.29) is 24.2 Å². The summed E-state index contributed by atoms with van der Waals surface area (Å²) in [6.07, 6.45) is 0. The van der Waals surface area contributed by atoms with E-state index in [4.69, 9.17) is 15.6 Å². The van der Waals surface area contributed by atoms with E-state index in [2.05, 4.69) is 0 Å². The zero-order valence-electron chi connectivity index (χ0n) is 9.59. The average molecular weight is 261 g/mol. The Balaban J connectivity index is 0.00000162. The third kappa shape index (κ3) is 3.43. The number of benzene rings is 2. The van der Waals surface area contributed by atoms with Gasteiger partial charge in [0.25, 0.3) is 0 Å². The molecule has 2 rings (SSSR count). The third-order valence-electron chi connectivity index (χ3n) is 2.28. The lowest BCUT2D eigenvalue weighted by Gasteiger charge is -2.07. The molecule has 0 unspecified atom stereocenters. The molecule has 0 aliphatic rings. The lowest BCUT2D eigenvalue weighted by molar-refractivity contribution is 0.538. The summed E-state index contributed by atoms with van der Waals surface area (Å²) in [5, 5.41) is 15.5. The van der Waals surface area contributed by atoms with Crippen molar-refractivity contribution in [3.05, 3.63) is 71.8 Å². The van der Waals surface area contributed by atoms with E-state index in [9.17, 15) is 0 Å². The Bertz CT molecular complexity index is 477. The molecule has 0 saturated carbocycles. The largest absolute Gasteiger partial charge is 0.421 e. The SMILES string of the molecule is Cl.N=C(OC(=N)c1ccccc1)c1ccccc1. The van der Waals surface area contributed by atoms with Gasteiger partial charge in [-0.3, -0.25) is 10.8 Å². The number of hydrogen-bond acceptors (Lipinski definition) is 3. The number of nitrogens with one attached hydrogen (secondary N) is 2. The molecule has 92 valence electrons. The van der Waals surface area contributed by atoms with Crippen molar-refractivity contribution < 1.29 is 4.74 Å². The quantitative estimate of drug-likeness (QED) is 0.630. The zero-order chi connectivity index (χ0) is 12.1. The van der Waals surface area contributed by atoms with Gasteiger partial charge in [0.1, 0.15) is 0 Å². The smallest absolute Gasteiger partial charge is 0.221 e. The molecule has 0 heterocycles. The van der Waals surface area contributed by atoms with Crippen LogP contribution in [0.3, 0.4) is 0 Å². The van der Waals surface area contributed by atoms with Crippen LogP contribution in [0.4, 0.5) is 0 Å². The first-order valence-electron chi connectivity index (χ1n) is 5.23. The van der Waals surface area contributed by atoms with Crippen molar-refractivity contribution >= 4 is 24.2 Å². The van der Waals surface area contributed by atoms with E-state index in [1.807, 2.05) is 36.4 Å². The molecule has 2 aromatic carbocycles. The lowest BCUT2D eigenvalue weighted by Crippen LogP contribution is -2.12. The number of hydrogen-bond donors (Lipinski definition) is 2. The van der Waals surface area contributed by atoms with Crippen LogP contribution in [-0.4, -0.2) is 11.8 Å². The van der Waals surface area contributed by atoms with Crippen LogP contribution in [0.2, 0.25) is 0 Å². The molecular weight excluding hydrogens is 248 g/mol. The monoisotopic (exact) mass is 260 g/mol. The van der Waals surface area contributed by atoms with Crippen LogP contribution in [0.25, 0.3) is 0 Å². The highest BCUT2D eigenvalue weighted by Crippen LogP contribution is 2.05. The van der Waals surface area contributed by atoms with Gasteiger partial charge in [0.2, 0.25) is 11.8 Å². The van der Waals surface area contributed by atoms with Crippen molar-refractivity contribution in [2.24, 2.45) is 0 Å². The van der Waals surface area contributed by atoms with Gasteiger partial charge in [0, 0.05) is 11.1 Å². The lowest BCUT2D eigenvalue weighted by atomic mass is 10.2. The van der Waals surface area contributed by atoms with Gasteiger partial charge in [0.05, 0.1) is 0 Å². The van der Waals surface area contributed by atoms with Gasteiger partial charge < -0.3 is 4.74 Å². The summed E-state index contributed by atoms with van der Waals surface area (Å²) in [7, 11) is 0. The molecular formula is C14H13ClN2O. The molecule has 0 bridgehead atoms. The average Bonchev–Trinajstić information content (AvgIpc) is 2.40. The predicted molar refractivity (Wildman–Crippen MR) is 74.9 cm³/mol. The molecule has 0 amide bonds. The van der Waals surface area contributed by atoms with E-state index in [0.717, 1.165) is 0 Å². The van der Waals surface area contributed by atoms with Gasteiger partial charge in [-0.05, 0) is 24.3 Å². The Morgan fingerprint density at radius 2 is 1.00 bits per heavy atom. The van der Waals surface area contributed by atoms with Gasteiger partial charge in [0.15, 0.2) is 0 Å². The highest BCUT2D eigenvalue weighted by molar-refractivity contribution is 6.04. The van der Waals surface area contributed by atoms with Crippen molar-refractivity contribution in [2.75, 3.05) is 0 Å². The fourth-order valence-corrected chi connectivity index (χ4v) is 1.40. The maximum atomic E-state index is 7.75. The molecule has 2 N–H and O–H groups in total. The zero-order valence-corrected chi connectivity index (χ0v) is 10.4. The Labute approximate surface area is 112 Å². The van der Waals surface area contributed by atoms with Crippen molar-refractivity contribution in [3.8, 4) is 0 Å². The second-order valence-corrected chi connectivity index (χ2v) is 3.49. The van der Waals surface area contributed by atoms with Gasteiger partial charge in [-0.25, -0.2) is 0 Å². The highest BCUT2D eigenvalue weighted by atomic mass is 35.5. The van der Waals surface area contributed by atoms with Gasteiger partial charge in [-0.15, -0.1) is 12.4 Å². The minimum Gasteiger partial charge on any atom is -0.421 e. The Morgan fingerprint density at radius 1 is 0.667 bits per heavy atom. The summed E-state index contributed by atoms with van der Waals surface area (Å²) in [5.74, 6) is -0.0288. The van der Waals surface area contributed by atoms with Crippen molar-refractivity contribution in [2.45, 2.75) is 0 Å². The van der Waals surface area contributed by atoms with E-state index in [0.29, 0.717) is 11.1 Å². The first-order valence-corrected chi connectivity index (χ1v) is 5.23. The van der Waals surface area contributed by atoms with Crippen LogP contribution in [0.15, 0.2) is 60.7 Å². The maximum absolute atomic E-state index is 7.75. The van der Waals surface area contributed by atoms with E-state index >= 15 is 0 Å². The topological polar surface area (TPSA) is 56.9 Å². The second-order valence-electron chi connectivity index (χ2n) is 3.49. The number of ether oxygens (including phenoxy) is 1. The maximum Gasteiger partial charge on any atom is 0.221 e. The minimum absolute atomic E-state index is 0. The van der Waals surface area contributed by atoms with Crippen molar-refractivity contribution in [3.63, 3.8) is 0 Å². The van der Waals surface area contributed by atoms with Crippen molar-refractivity contribution in [1.29, 1.82) is 10.8 Å². The van der Waals surface area contributed by atoms with Crippen molar-refractivity contribution in [1.82, 2.24) is 0 Å². The molecule has 0 fully saturated rings. The van der Waals surface area contributed by atoms with Crippen LogP contribution in [0.5, 0.6) is 0 Å². The van der Waals surface area contributed by atoms with Gasteiger partial charge >= 0.3 is 0 Å². The fraction of sp³-hybridized carbons (Fsp3) is 0. The summed E-state index contributed by atoms with van der Waals surface area (Å²) in [5.41, 5.74) is 1.32. The predicted octanol–water partition coefficient (Wildman–Crippen LogP) is 3.48. The van der Waals surface area contributed by atoms with E-state index in [1.54, 1.807) is 24.3 Å². The molecule has 0 saturated heterocycles. The molecule has 0 aromatic heterocycles. The Hall–Kier alpha value is -2.13. The molecule has 0 atom stereocenters. The van der Waals surface area contributed by atoms with Crippen LogP contribution >= 0.6 is 12.4 Å². The summed E-state index contributed by atoms with van der Waals surface area (Å²) in [4.78, 5) is 0. The minimum atomic E-state index is -0.0144. The Kier molecular flexibility index (Phi) is 5.08. The van der Waals surface area contributed by atoms with Crippen LogP contribution in [0, 0.1) is 10.8 Å². The van der Waals surface area contributed by atoms with E-state index in [1.165, 1.54) is 0 Å². The fourth-order valence-electron chi connectivity index (χ4n) is 1.40. The molecule has 0 spiro atoms. The molecule has 0 aliphatic heterocycles. The first-order chi connectivity index (χ1) is 8.27.